The molecule has 3 N–H and O–H groups in total. The summed E-state index contributed by atoms with van der Waals surface area (Å²) in [6.07, 6.45) is -0.947. The third-order valence-electron chi connectivity index (χ3n) is 6.39. The van der Waals surface area contributed by atoms with Crippen LogP contribution in [0.25, 0.3) is 0 Å². The van der Waals surface area contributed by atoms with E-state index in [0.717, 1.165) is 5.69 Å². The van der Waals surface area contributed by atoms with Gasteiger partial charge in [-0.05, 0) is 31.4 Å². The number of amides is 1. The first kappa shape index (κ1) is 19.3. The van der Waals surface area contributed by atoms with Crippen LogP contribution >= 0.6 is 11.5 Å². The van der Waals surface area contributed by atoms with Crippen LogP contribution in [0.5, 0.6) is 0 Å². The lowest BCUT2D eigenvalue weighted by molar-refractivity contribution is -0.138. The minimum absolute atomic E-state index is 0.0741. The normalized spacial score (nSPS) is 35.6. The maximum atomic E-state index is 13.6. The van der Waals surface area contributed by atoms with E-state index in [4.69, 9.17) is 15.2 Å². The molecule has 0 saturated carbocycles. The number of carbonyl (C=O) groups excluding carboxylic acids is 3. The summed E-state index contributed by atoms with van der Waals surface area (Å²) in [6, 6.07) is 1.85. The molecule has 0 radical (unpaired) electrons. The number of Topliss-reactive ketones (excluding diaryl/α,β-unsaturated/α-hetero) is 2. The van der Waals surface area contributed by atoms with Crippen molar-refractivity contribution >= 4 is 39.9 Å². The number of aliphatic imine (C=N–C) groups is 1. The smallest absolute Gasteiger partial charge is 0.404 e. The minimum atomic E-state index is -0.980. The summed E-state index contributed by atoms with van der Waals surface area (Å²) in [5.41, 5.74) is 5.80. The lowest BCUT2D eigenvalue weighted by atomic mass is 9.78. The van der Waals surface area contributed by atoms with Crippen molar-refractivity contribution in [2.75, 3.05) is 20.3 Å². The predicted molar refractivity (Wildman–Crippen MR) is 106 cm³/mol. The molecule has 4 aliphatic rings. The van der Waals surface area contributed by atoms with Crippen LogP contribution in [0, 0.1) is 18.8 Å². The number of ketones is 2. The van der Waals surface area contributed by atoms with E-state index in [9.17, 15) is 14.4 Å². The fourth-order valence-corrected chi connectivity index (χ4v) is 5.70. The van der Waals surface area contributed by atoms with Crippen LogP contribution in [0.4, 0.5) is 9.80 Å². The van der Waals surface area contributed by atoms with E-state index >= 15 is 0 Å². The van der Waals surface area contributed by atoms with E-state index in [-0.39, 0.29) is 41.5 Å². The summed E-state index contributed by atoms with van der Waals surface area (Å²) < 4.78 is 15.2. The lowest BCUT2D eigenvalue weighted by Crippen LogP contribution is -2.55. The fourth-order valence-electron chi connectivity index (χ4n) is 5.05. The van der Waals surface area contributed by atoms with Gasteiger partial charge in [0, 0.05) is 25.3 Å². The number of nitrogens with one attached hydrogen (secondary N) is 1. The van der Waals surface area contributed by atoms with Crippen LogP contribution in [0.1, 0.15) is 12.6 Å². The van der Waals surface area contributed by atoms with Crippen LogP contribution in [0.3, 0.4) is 0 Å². The second-order valence-electron chi connectivity index (χ2n) is 7.98. The van der Waals surface area contributed by atoms with Gasteiger partial charge in [0.2, 0.25) is 5.78 Å². The summed E-state index contributed by atoms with van der Waals surface area (Å²) in [7, 11) is 1.54. The number of hydrogen-bond acceptors (Lipinski definition) is 10. The molecule has 2 fully saturated rings. The highest BCUT2D eigenvalue weighted by atomic mass is 32.1. The number of rotatable bonds is 4. The highest BCUT2D eigenvalue weighted by Gasteiger charge is 2.73. The number of nitrogens with two attached hydrogens (primary N) is 1. The number of nitrogens with zero attached hydrogens (tertiary/aromatic N) is 3. The molecule has 158 valence electrons. The molecule has 30 heavy (non-hydrogen) atoms. The molecule has 1 aromatic heterocycles. The third kappa shape index (κ3) is 2.45. The van der Waals surface area contributed by atoms with Gasteiger partial charge >= 0.3 is 6.09 Å². The molecule has 0 spiro atoms. The Balaban J connectivity index is 1.63. The first-order valence-electron chi connectivity index (χ1n) is 9.65. The number of carbonyl (C=O) groups is 3. The fraction of sp³-hybridized carbons (Fsp3) is 0.526. The summed E-state index contributed by atoms with van der Waals surface area (Å²) in [4.78, 5) is 44.7. The van der Waals surface area contributed by atoms with Gasteiger partial charge in [0.15, 0.2) is 11.5 Å². The Morgan fingerprint density at radius 1 is 1.50 bits per heavy atom. The van der Waals surface area contributed by atoms with Gasteiger partial charge in [-0.3, -0.25) is 9.59 Å². The molecule has 0 bridgehead atoms. The summed E-state index contributed by atoms with van der Waals surface area (Å²) in [5.74, 6) is -1.88. The zero-order valence-corrected chi connectivity index (χ0v) is 17.5. The van der Waals surface area contributed by atoms with Gasteiger partial charge in [0.25, 0.3) is 0 Å². The number of allylic oxidation sites excluding steroid dienone is 1. The number of fused-ring (bicyclic) bond motifs is 4. The predicted octanol–water partition coefficient (Wildman–Crippen LogP) is 0.290. The Morgan fingerprint density at radius 3 is 2.90 bits per heavy atom. The van der Waals surface area contributed by atoms with Crippen LogP contribution in [-0.2, 0) is 19.1 Å². The van der Waals surface area contributed by atoms with Crippen LogP contribution < -0.4 is 11.1 Å². The second kappa shape index (κ2) is 6.43. The van der Waals surface area contributed by atoms with Gasteiger partial charge in [0.1, 0.15) is 17.3 Å². The van der Waals surface area contributed by atoms with Crippen molar-refractivity contribution in [3.63, 3.8) is 0 Å². The van der Waals surface area contributed by atoms with Crippen LogP contribution in [0.2, 0.25) is 0 Å². The molecular weight excluding hydrogens is 410 g/mol. The Kier molecular flexibility index (Phi) is 4.15. The van der Waals surface area contributed by atoms with Crippen molar-refractivity contribution in [3.05, 3.63) is 23.0 Å². The maximum absolute atomic E-state index is 13.6. The van der Waals surface area contributed by atoms with Gasteiger partial charge in [-0.25, -0.2) is 9.79 Å². The van der Waals surface area contributed by atoms with E-state index < -0.39 is 23.7 Å². The molecule has 1 aliphatic carbocycles. The maximum Gasteiger partial charge on any atom is 0.404 e. The Labute approximate surface area is 176 Å². The summed E-state index contributed by atoms with van der Waals surface area (Å²) in [6.45, 7) is 3.90. The highest BCUT2D eigenvalue weighted by molar-refractivity contribution is 7.10. The van der Waals surface area contributed by atoms with Gasteiger partial charge in [-0.1, -0.05) is 0 Å². The van der Waals surface area contributed by atoms with Crippen molar-refractivity contribution in [3.8, 4) is 0 Å². The number of primary amides is 1. The molecular formula is C19H21N5O5S. The van der Waals surface area contributed by atoms with Crippen molar-refractivity contribution in [2.24, 2.45) is 22.6 Å². The number of hydrogen-bond donors (Lipinski definition) is 2. The average molecular weight is 431 g/mol. The molecule has 4 heterocycles. The summed E-state index contributed by atoms with van der Waals surface area (Å²) >= 11 is 1.17. The van der Waals surface area contributed by atoms with Crippen LogP contribution in [-0.4, -0.2) is 70.7 Å². The molecule has 5 atom stereocenters. The Hall–Kier alpha value is -2.63. The quantitative estimate of drug-likeness (QED) is 0.647. The molecule has 1 amide bonds. The summed E-state index contributed by atoms with van der Waals surface area (Å²) in [5, 5.41) is 3.89. The number of ether oxygens (including phenoxy) is 2. The molecule has 5 unspecified atom stereocenters. The van der Waals surface area contributed by atoms with E-state index in [1.807, 2.05) is 11.8 Å². The second-order valence-corrected chi connectivity index (χ2v) is 8.76. The van der Waals surface area contributed by atoms with E-state index in [0.29, 0.717) is 17.2 Å². The highest BCUT2D eigenvalue weighted by Crippen LogP contribution is 2.55. The van der Waals surface area contributed by atoms with Gasteiger partial charge < -0.3 is 25.4 Å². The molecule has 11 heteroatoms. The largest absolute Gasteiger partial charge is 0.449 e. The van der Waals surface area contributed by atoms with Crippen LogP contribution in [0.15, 0.2) is 22.3 Å². The number of piperazine rings is 1. The zero-order chi connectivity index (χ0) is 21.4. The Morgan fingerprint density at radius 2 is 2.27 bits per heavy atom. The topological polar surface area (TPSA) is 146 Å². The zero-order valence-electron chi connectivity index (χ0n) is 16.7. The number of aromatic nitrogens is 1. The monoisotopic (exact) mass is 431 g/mol. The van der Waals surface area contributed by atoms with E-state index in [2.05, 4.69) is 14.7 Å². The van der Waals surface area contributed by atoms with Crippen molar-refractivity contribution in [1.29, 1.82) is 0 Å². The number of methoxy groups -OCH3 is 1. The van der Waals surface area contributed by atoms with Gasteiger partial charge in [-0.2, -0.15) is 4.37 Å². The number of aryl methyl sites for hydroxylation is 1. The van der Waals surface area contributed by atoms with Crippen molar-refractivity contribution in [2.45, 2.75) is 31.7 Å². The lowest BCUT2D eigenvalue weighted by Gasteiger charge is -2.39. The SMILES string of the molecule is COC12C(COC(N)=O)C3=C(C(=O)C(C)C(=Nc4cc(C)ns4)C3=O)N1CC1NC12. The van der Waals surface area contributed by atoms with Gasteiger partial charge in [0.05, 0.1) is 29.3 Å². The van der Waals surface area contributed by atoms with E-state index in [1.165, 1.54) is 11.5 Å². The molecule has 3 aliphatic heterocycles. The molecule has 10 nitrogen and oxygen atoms in total. The average Bonchev–Trinajstić information content (AvgIpc) is 3.10. The van der Waals surface area contributed by atoms with Gasteiger partial charge in [-0.15, -0.1) is 0 Å². The minimum Gasteiger partial charge on any atom is -0.449 e. The Bertz CT molecular complexity index is 1050. The van der Waals surface area contributed by atoms with E-state index in [1.54, 1.807) is 20.1 Å². The standard InChI is InChI=1S/C19H21N5O5S/c1-7-4-11(30-23-7)22-13-8(2)15(25)14-12(16(13)26)9(6-29-18(20)27)19(28-3)17-10(21-17)5-24(14)19/h4,8-10,17,21H,5-6H2,1-3H3,(H2,20,27). The molecule has 2 saturated heterocycles. The molecule has 1 aromatic rings. The van der Waals surface area contributed by atoms with Crippen molar-refractivity contribution < 1.29 is 23.9 Å². The first-order chi connectivity index (χ1) is 14.3. The molecule has 5 rings (SSSR count). The first-order valence-corrected chi connectivity index (χ1v) is 10.4. The molecule has 0 aromatic carbocycles. The van der Waals surface area contributed by atoms with Crippen molar-refractivity contribution in [1.82, 2.24) is 14.6 Å². The third-order valence-corrected chi connectivity index (χ3v) is 7.16.